The van der Waals surface area contributed by atoms with Crippen LogP contribution >= 0.6 is 11.3 Å². The predicted octanol–water partition coefficient (Wildman–Crippen LogP) is 2.71. The van der Waals surface area contributed by atoms with E-state index in [1.807, 2.05) is 5.38 Å². The van der Waals surface area contributed by atoms with Crippen LogP contribution in [0.15, 0.2) is 15.4 Å². The third kappa shape index (κ3) is 1.38. The lowest BCUT2D eigenvalue weighted by Crippen LogP contribution is -1.86. The second-order valence-electron chi connectivity index (χ2n) is 4.67. The molecule has 16 heavy (non-hydrogen) atoms. The Bertz CT molecular complexity index is 503. The molecule has 2 aromatic rings. The van der Waals surface area contributed by atoms with Gasteiger partial charge in [-0.1, -0.05) is 5.16 Å². The summed E-state index contributed by atoms with van der Waals surface area (Å²) in [5.74, 6) is 3.76. The van der Waals surface area contributed by atoms with Crippen LogP contribution in [0.2, 0.25) is 0 Å². The van der Waals surface area contributed by atoms with Gasteiger partial charge in [-0.2, -0.15) is 4.98 Å². The first-order valence-corrected chi connectivity index (χ1v) is 6.58. The molecule has 0 bridgehead atoms. The van der Waals surface area contributed by atoms with E-state index >= 15 is 0 Å². The molecule has 0 amide bonds. The van der Waals surface area contributed by atoms with E-state index in [-0.39, 0.29) is 0 Å². The van der Waals surface area contributed by atoms with E-state index < -0.39 is 0 Å². The second kappa shape index (κ2) is 3.13. The van der Waals surface area contributed by atoms with Crippen LogP contribution in [0.1, 0.15) is 31.1 Å². The van der Waals surface area contributed by atoms with Crippen LogP contribution in [0.25, 0.3) is 11.5 Å². The summed E-state index contributed by atoms with van der Waals surface area (Å²) in [5, 5.41) is 5.94. The highest BCUT2D eigenvalue weighted by molar-refractivity contribution is 7.07. The van der Waals surface area contributed by atoms with Gasteiger partial charge in [0.1, 0.15) is 5.69 Å². The van der Waals surface area contributed by atoms with Crippen molar-refractivity contribution in [3.8, 4) is 11.5 Å². The number of hydrogen-bond donors (Lipinski definition) is 0. The molecule has 4 nitrogen and oxygen atoms in total. The van der Waals surface area contributed by atoms with E-state index in [2.05, 4.69) is 15.1 Å². The molecule has 0 aliphatic heterocycles. The summed E-state index contributed by atoms with van der Waals surface area (Å²) in [4.78, 5) is 8.62. The van der Waals surface area contributed by atoms with Gasteiger partial charge in [-0.3, -0.25) is 0 Å². The molecule has 2 heterocycles. The zero-order valence-electron chi connectivity index (χ0n) is 8.67. The largest absolute Gasteiger partial charge is 0.339 e. The summed E-state index contributed by atoms with van der Waals surface area (Å²) >= 11 is 1.55. The number of nitrogens with zero attached hydrogens (tertiary/aromatic N) is 3. The minimum atomic E-state index is 0.535. The van der Waals surface area contributed by atoms with Gasteiger partial charge >= 0.3 is 0 Å². The van der Waals surface area contributed by atoms with Crippen LogP contribution in [0.3, 0.4) is 0 Å². The number of hydrogen-bond acceptors (Lipinski definition) is 5. The molecule has 0 spiro atoms. The molecule has 2 fully saturated rings. The summed E-state index contributed by atoms with van der Waals surface area (Å²) in [6.07, 6.45) is 4.03. The summed E-state index contributed by atoms with van der Waals surface area (Å²) in [6, 6.07) is 0. The molecule has 2 aliphatic carbocycles. The van der Waals surface area contributed by atoms with Gasteiger partial charge in [-0.05, 0) is 31.1 Å². The Hall–Kier alpha value is -1.23. The number of thiazole rings is 1. The highest BCUT2D eigenvalue weighted by Gasteiger charge is 2.50. The average molecular weight is 233 g/mol. The van der Waals surface area contributed by atoms with Gasteiger partial charge in [0.15, 0.2) is 0 Å². The van der Waals surface area contributed by atoms with E-state index in [0.717, 1.165) is 23.4 Å². The summed E-state index contributed by atoms with van der Waals surface area (Å²) in [6.45, 7) is 0. The first-order valence-electron chi connectivity index (χ1n) is 5.64. The van der Waals surface area contributed by atoms with Gasteiger partial charge < -0.3 is 4.52 Å². The molecular formula is C11H11N3OS. The van der Waals surface area contributed by atoms with Gasteiger partial charge in [-0.25, -0.2) is 4.98 Å². The van der Waals surface area contributed by atoms with E-state index in [4.69, 9.17) is 4.52 Å². The lowest BCUT2D eigenvalue weighted by atomic mass is 10.2. The Morgan fingerprint density at radius 3 is 3.06 bits per heavy atom. The van der Waals surface area contributed by atoms with Crippen LogP contribution in [0.5, 0.6) is 0 Å². The molecule has 4 rings (SSSR count). The molecule has 2 atom stereocenters. The highest BCUT2D eigenvalue weighted by atomic mass is 32.1. The minimum Gasteiger partial charge on any atom is -0.339 e. The SMILES string of the molecule is c1nc(-c2noc([C@H]3C[C@@H]3C3CC3)n2)cs1. The van der Waals surface area contributed by atoms with Crippen LogP contribution in [0, 0.1) is 11.8 Å². The van der Waals surface area contributed by atoms with E-state index in [0.29, 0.717) is 11.7 Å². The molecule has 5 heteroatoms. The van der Waals surface area contributed by atoms with Crippen molar-refractivity contribution in [2.45, 2.75) is 25.2 Å². The van der Waals surface area contributed by atoms with Gasteiger partial charge in [0.25, 0.3) is 0 Å². The van der Waals surface area contributed by atoms with Crippen molar-refractivity contribution in [1.82, 2.24) is 15.1 Å². The van der Waals surface area contributed by atoms with Crippen molar-refractivity contribution < 1.29 is 4.52 Å². The number of rotatable bonds is 3. The zero-order chi connectivity index (χ0) is 10.5. The van der Waals surface area contributed by atoms with Crippen molar-refractivity contribution in [3.63, 3.8) is 0 Å². The van der Waals surface area contributed by atoms with E-state index in [1.165, 1.54) is 19.3 Å². The molecule has 0 unspecified atom stereocenters. The minimum absolute atomic E-state index is 0.535. The second-order valence-corrected chi connectivity index (χ2v) is 5.39. The normalized spacial score (nSPS) is 28.2. The van der Waals surface area contributed by atoms with Gasteiger partial charge in [0.05, 0.1) is 5.51 Å². The van der Waals surface area contributed by atoms with E-state index in [9.17, 15) is 0 Å². The van der Waals surface area contributed by atoms with Crippen molar-refractivity contribution >= 4 is 11.3 Å². The Morgan fingerprint density at radius 2 is 2.31 bits per heavy atom. The van der Waals surface area contributed by atoms with Crippen molar-refractivity contribution in [1.29, 1.82) is 0 Å². The monoisotopic (exact) mass is 233 g/mol. The first-order chi connectivity index (χ1) is 7.92. The van der Waals surface area contributed by atoms with Crippen LogP contribution < -0.4 is 0 Å². The standard InChI is InChI=1S/C11H11N3OS/c1-2-6(1)7-3-8(7)11-13-10(14-15-11)9-4-16-5-12-9/h4-8H,1-3H2/t7-,8+/m1/s1. The molecule has 0 radical (unpaired) electrons. The molecule has 2 aromatic heterocycles. The molecule has 2 saturated carbocycles. The van der Waals surface area contributed by atoms with Crippen LogP contribution in [-0.2, 0) is 0 Å². The molecule has 0 N–H and O–H groups in total. The fraction of sp³-hybridized carbons (Fsp3) is 0.545. The van der Waals surface area contributed by atoms with Crippen LogP contribution in [0.4, 0.5) is 0 Å². The summed E-state index contributed by atoms with van der Waals surface area (Å²) in [5.41, 5.74) is 2.61. The highest BCUT2D eigenvalue weighted by Crippen LogP contribution is 2.58. The van der Waals surface area contributed by atoms with Crippen molar-refractivity contribution in [3.05, 3.63) is 16.8 Å². The Morgan fingerprint density at radius 1 is 1.38 bits per heavy atom. The maximum absolute atomic E-state index is 5.32. The molecule has 2 aliphatic rings. The zero-order valence-corrected chi connectivity index (χ0v) is 9.48. The molecule has 0 aromatic carbocycles. The lowest BCUT2D eigenvalue weighted by Gasteiger charge is -1.88. The van der Waals surface area contributed by atoms with Gasteiger partial charge in [-0.15, -0.1) is 11.3 Å². The summed E-state index contributed by atoms with van der Waals surface area (Å²) in [7, 11) is 0. The fourth-order valence-electron chi connectivity index (χ4n) is 2.36. The van der Waals surface area contributed by atoms with E-state index in [1.54, 1.807) is 16.8 Å². The maximum atomic E-state index is 5.32. The third-order valence-corrected chi connectivity index (χ3v) is 4.07. The van der Waals surface area contributed by atoms with Crippen molar-refractivity contribution in [2.75, 3.05) is 0 Å². The molecule has 0 saturated heterocycles. The predicted molar refractivity (Wildman–Crippen MR) is 59.0 cm³/mol. The first kappa shape index (κ1) is 8.87. The Balaban J connectivity index is 1.57. The number of aromatic nitrogens is 3. The van der Waals surface area contributed by atoms with Crippen LogP contribution in [-0.4, -0.2) is 15.1 Å². The summed E-state index contributed by atoms with van der Waals surface area (Å²) < 4.78 is 5.32. The molecule has 82 valence electrons. The smallest absolute Gasteiger partial charge is 0.230 e. The maximum Gasteiger partial charge on any atom is 0.230 e. The topological polar surface area (TPSA) is 51.8 Å². The third-order valence-electron chi connectivity index (χ3n) is 3.49. The molecular weight excluding hydrogens is 222 g/mol. The quantitative estimate of drug-likeness (QED) is 0.817. The van der Waals surface area contributed by atoms with Gasteiger partial charge in [0.2, 0.25) is 11.7 Å². The average Bonchev–Trinajstić information content (AvgIpc) is 3.16. The Kier molecular flexibility index (Phi) is 1.74. The van der Waals surface area contributed by atoms with Crippen molar-refractivity contribution in [2.24, 2.45) is 11.8 Å². The fourth-order valence-corrected chi connectivity index (χ4v) is 2.89. The van der Waals surface area contributed by atoms with Gasteiger partial charge in [0, 0.05) is 11.3 Å². The Labute approximate surface area is 96.7 Å². The lowest BCUT2D eigenvalue weighted by molar-refractivity contribution is 0.373.